The lowest BCUT2D eigenvalue weighted by molar-refractivity contribution is -0.116. The van der Waals surface area contributed by atoms with Gasteiger partial charge in [0, 0.05) is 11.4 Å². The number of benzene rings is 2. The molecule has 0 spiro atoms. The molecular formula is C19H21FN2O. The van der Waals surface area contributed by atoms with Gasteiger partial charge < -0.3 is 10.6 Å². The summed E-state index contributed by atoms with van der Waals surface area (Å²) in [4.78, 5) is 12.3. The number of hydrogen-bond donors (Lipinski definition) is 2. The van der Waals surface area contributed by atoms with Crippen molar-refractivity contribution in [1.29, 1.82) is 0 Å². The fraction of sp³-hybridized carbons (Fsp3) is 0.316. The van der Waals surface area contributed by atoms with Gasteiger partial charge in [0.2, 0.25) is 5.91 Å². The molecule has 0 heterocycles. The lowest BCUT2D eigenvalue weighted by Gasteiger charge is -2.22. The molecule has 2 aromatic rings. The minimum atomic E-state index is -0.367. The maximum absolute atomic E-state index is 12.9. The van der Waals surface area contributed by atoms with E-state index in [2.05, 4.69) is 16.7 Å². The summed E-state index contributed by atoms with van der Waals surface area (Å²) in [6.45, 7) is 1.83. The molecule has 0 saturated carbocycles. The van der Waals surface area contributed by atoms with E-state index in [-0.39, 0.29) is 17.8 Å². The van der Waals surface area contributed by atoms with Crippen molar-refractivity contribution < 1.29 is 9.18 Å². The average Bonchev–Trinajstić information content (AvgIpc) is 2.57. The second-order valence-corrected chi connectivity index (χ2v) is 6.01. The molecule has 3 rings (SSSR count). The lowest BCUT2D eigenvalue weighted by Crippen LogP contribution is -2.32. The van der Waals surface area contributed by atoms with E-state index in [9.17, 15) is 9.18 Å². The van der Waals surface area contributed by atoms with Gasteiger partial charge in [-0.15, -0.1) is 0 Å². The minimum absolute atomic E-state index is 0.134. The zero-order chi connectivity index (χ0) is 16.2. The van der Waals surface area contributed by atoms with Crippen molar-refractivity contribution in [2.45, 2.75) is 38.6 Å². The summed E-state index contributed by atoms with van der Waals surface area (Å²) in [6, 6.07) is 11.7. The van der Waals surface area contributed by atoms with Crippen LogP contribution in [0, 0.1) is 5.82 Å². The van der Waals surface area contributed by atoms with E-state index >= 15 is 0 Å². The monoisotopic (exact) mass is 312 g/mol. The van der Waals surface area contributed by atoms with Crippen LogP contribution < -0.4 is 10.6 Å². The second-order valence-electron chi connectivity index (χ2n) is 6.01. The summed E-state index contributed by atoms with van der Waals surface area (Å²) in [6.07, 6.45) is 4.60. The van der Waals surface area contributed by atoms with Crippen LogP contribution in [0.15, 0.2) is 42.5 Å². The third-order valence-corrected chi connectivity index (χ3v) is 4.27. The van der Waals surface area contributed by atoms with E-state index < -0.39 is 0 Å². The highest BCUT2D eigenvalue weighted by molar-refractivity contribution is 5.96. The first-order valence-corrected chi connectivity index (χ1v) is 8.07. The Morgan fingerprint density at radius 1 is 1.09 bits per heavy atom. The molecule has 4 heteroatoms. The number of rotatable bonds is 4. The Labute approximate surface area is 135 Å². The van der Waals surface area contributed by atoms with Crippen LogP contribution in [0.25, 0.3) is 0 Å². The van der Waals surface area contributed by atoms with Crippen molar-refractivity contribution >= 4 is 17.3 Å². The van der Waals surface area contributed by atoms with Gasteiger partial charge in [0.05, 0.1) is 0 Å². The van der Waals surface area contributed by atoms with Crippen molar-refractivity contribution in [1.82, 2.24) is 0 Å². The minimum Gasteiger partial charge on any atom is -0.374 e. The molecule has 1 atom stereocenters. The number of fused-ring (bicyclic) bond motifs is 1. The van der Waals surface area contributed by atoms with E-state index in [1.54, 1.807) is 12.1 Å². The summed E-state index contributed by atoms with van der Waals surface area (Å²) in [5.74, 6) is -0.449. The van der Waals surface area contributed by atoms with Crippen LogP contribution in [0.1, 0.15) is 30.9 Å². The van der Waals surface area contributed by atoms with Crippen molar-refractivity contribution in [3.05, 3.63) is 59.4 Å². The van der Waals surface area contributed by atoms with Crippen LogP contribution in [0.4, 0.5) is 15.8 Å². The van der Waals surface area contributed by atoms with E-state index in [1.807, 2.05) is 19.1 Å². The number of aryl methyl sites for hydroxylation is 1. The third-order valence-electron chi connectivity index (χ3n) is 4.27. The Balaban J connectivity index is 1.68. The molecule has 0 bridgehead atoms. The normalized spacial score (nSPS) is 14.7. The first-order chi connectivity index (χ1) is 11.1. The van der Waals surface area contributed by atoms with Gasteiger partial charge in [-0.2, -0.15) is 0 Å². The van der Waals surface area contributed by atoms with Crippen LogP contribution in [0.5, 0.6) is 0 Å². The standard InChI is InChI=1S/C19H21FN2O/c1-13(19(23)22-16-11-9-15(20)10-12-16)21-18-8-4-6-14-5-2-3-7-17(14)18/h4,6,8-13,21H,2-3,5,7H2,1H3,(H,22,23)/t13-/m0/s1. The van der Waals surface area contributed by atoms with Gasteiger partial charge in [-0.1, -0.05) is 12.1 Å². The fourth-order valence-corrected chi connectivity index (χ4v) is 3.00. The molecule has 0 fully saturated rings. The molecule has 120 valence electrons. The number of amides is 1. The molecule has 1 aliphatic rings. The predicted octanol–water partition coefficient (Wildman–Crippen LogP) is 4.14. The largest absolute Gasteiger partial charge is 0.374 e. The van der Waals surface area contributed by atoms with Crippen LogP contribution in [-0.2, 0) is 17.6 Å². The molecular weight excluding hydrogens is 291 g/mol. The highest BCUT2D eigenvalue weighted by Crippen LogP contribution is 2.28. The first-order valence-electron chi connectivity index (χ1n) is 8.07. The predicted molar refractivity (Wildman–Crippen MR) is 91.2 cm³/mol. The van der Waals surface area contributed by atoms with Crippen molar-refractivity contribution in [3.63, 3.8) is 0 Å². The van der Waals surface area contributed by atoms with Crippen LogP contribution in [0.3, 0.4) is 0 Å². The summed E-state index contributed by atoms with van der Waals surface area (Å²) in [7, 11) is 0. The van der Waals surface area contributed by atoms with E-state index in [0.29, 0.717) is 5.69 Å². The first kappa shape index (κ1) is 15.5. The molecule has 1 aliphatic carbocycles. The van der Waals surface area contributed by atoms with Gasteiger partial charge in [-0.05, 0) is 74.1 Å². The fourth-order valence-electron chi connectivity index (χ4n) is 3.00. The van der Waals surface area contributed by atoms with Crippen LogP contribution >= 0.6 is 0 Å². The van der Waals surface area contributed by atoms with Crippen molar-refractivity contribution in [2.75, 3.05) is 10.6 Å². The maximum atomic E-state index is 12.9. The number of anilines is 2. The summed E-state index contributed by atoms with van der Waals surface area (Å²) in [5, 5.41) is 6.12. The third kappa shape index (κ3) is 3.70. The number of hydrogen-bond acceptors (Lipinski definition) is 2. The summed E-state index contributed by atoms with van der Waals surface area (Å²) in [5.41, 5.74) is 4.36. The Morgan fingerprint density at radius 3 is 2.61 bits per heavy atom. The van der Waals surface area contributed by atoms with Gasteiger partial charge in [-0.3, -0.25) is 4.79 Å². The molecule has 3 nitrogen and oxygen atoms in total. The quantitative estimate of drug-likeness (QED) is 0.890. The molecule has 0 aliphatic heterocycles. The van der Waals surface area contributed by atoms with Gasteiger partial charge in [0.1, 0.15) is 11.9 Å². The SMILES string of the molecule is C[C@H](Nc1cccc2c1CCCC2)C(=O)Nc1ccc(F)cc1. The van der Waals surface area contributed by atoms with Gasteiger partial charge in [0.25, 0.3) is 0 Å². The lowest BCUT2D eigenvalue weighted by atomic mass is 9.90. The molecule has 0 aromatic heterocycles. The molecule has 0 saturated heterocycles. The number of carbonyl (C=O) groups is 1. The summed E-state index contributed by atoms with van der Waals surface area (Å²) < 4.78 is 12.9. The van der Waals surface area contributed by atoms with Gasteiger partial charge in [-0.25, -0.2) is 4.39 Å². The number of carbonyl (C=O) groups excluding carboxylic acids is 1. The zero-order valence-corrected chi connectivity index (χ0v) is 13.2. The smallest absolute Gasteiger partial charge is 0.246 e. The Morgan fingerprint density at radius 2 is 1.83 bits per heavy atom. The average molecular weight is 312 g/mol. The highest BCUT2D eigenvalue weighted by Gasteiger charge is 2.17. The Bertz CT molecular complexity index is 697. The zero-order valence-electron chi connectivity index (χ0n) is 13.2. The van der Waals surface area contributed by atoms with Gasteiger partial charge >= 0.3 is 0 Å². The molecule has 2 aromatic carbocycles. The maximum Gasteiger partial charge on any atom is 0.246 e. The molecule has 0 unspecified atom stereocenters. The second kappa shape index (κ2) is 6.82. The molecule has 23 heavy (non-hydrogen) atoms. The topological polar surface area (TPSA) is 41.1 Å². The molecule has 1 amide bonds. The molecule has 0 radical (unpaired) electrons. The van der Waals surface area contributed by atoms with Crippen LogP contribution in [-0.4, -0.2) is 11.9 Å². The molecule has 2 N–H and O–H groups in total. The van der Waals surface area contributed by atoms with E-state index in [4.69, 9.17) is 0 Å². The highest BCUT2D eigenvalue weighted by atomic mass is 19.1. The van der Waals surface area contributed by atoms with Crippen molar-refractivity contribution in [2.24, 2.45) is 0 Å². The van der Waals surface area contributed by atoms with Crippen molar-refractivity contribution in [3.8, 4) is 0 Å². The Kier molecular flexibility index (Phi) is 4.60. The van der Waals surface area contributed by atoms with Crippen LogP contribution in [0.2, 0.25) is 0 Å². The van der Waals surface area contributed by atoms with Gasteiger partial charge in [0.15, 0.2) is 0 Å². The number of nitrogens with one attached hydrogen (secondary N) is 2. The van der Waals surface area contributed by atoms with E-state index in [0.717, 1.165) is 18.5 Å². The number of halogens is 1. The summed E-state index contributed by atoms with van der Waals surface area (Å²) >= 11 is 0. The Hall–Kier alpha value is -2.36. The van der Waals surface area contributed by atoms with E-state index in [1.165, 1.54) is 36.1 Å².